The second kappa shape index (κ2) is 5.29. The quantitative estimate of drug-likeness (QED) is 0.823. The van der Waals surface area contributed by atoms with Crippen LogP contribution in [0.15, 0.2) is 6.20 Å². The lowest BCUT2D eigenvalue weighted by molar-refractivity contribution is -0.139. The molecule has 1 aliphatic heterocycles. The topological polar surface area (TPSA) is 87.5 Å². The van der Waals surface area contributed by atoms with Gasteiger partial charge in [0.25, 0.3) is 0 Å². The van der Waals surface area contributed by atoms with E-state index >= 15 is 0 Å². The molecule has 0 aromatic carbocycles. The highest BCUT2D eigenvalue weighted by atomic mass is 16.4. The molecule has 2 amide bonds. The molecule has 104 valence electrons. The van der Waals surface area contributed by atoms with E-state index < -0.39 is 5.97 Å². The molecule has 1 aromatic rings. The number of carboxylic acids is 1. The predicted octanol–water partition coefficient (Wildman–Crippen LogP) is 0.345. The van der Waals surface area contributed by atoms with Crippen molar-refractivity contribution in [2.45, 2.75) is 19.9 Å². The van der Waals surface area contributed by atoms with Crippen molar-refractivity contribution in [3.8, 4) is 0 Å². The van der Waals surface area contributed by atoms with Crippen LogP contribution in [0, 0.1) is 12.8 Å². The Hall–Kier alpha value is -2.05. The van der Waals surface area contributed by atoms with Crippen LogP contribution in [0.25, 0.3) is 0 Å². The summed E-state index contributed by atoms with van der Waals surface area (Å²) in [6.45, 7) is 3.42. The SMILES string of the molecule is Cc1c(CNC(=O)N2CC(CC(=O)O)C2)cnn1C. The zero-order chi connectivity index (χ0) is 14.0. The van der Waals surface area contributed by atoms with E-state index in [1.807, 2.05) is 14.0 Å². The molecule has 2 N–H and O–H groups in total. The van der Waals surface area contributed by atoms with Crippen molar-refractivity contribution < 1.29 is 14.7 Å². The van der Waals surface area contributed by atoms with Crippen LogP contribution in [-0.4, -0.2) is 44.9 Å². The largest absolute Gasteiger partial charge is 0.481 e. The Morgan fingerprint density at radius 2 is 2.21 bits per heavy atom. The Morgan fingerprint density at radius 1 is 1.53 bits per heavy atom. The van der Waals surface area contributed by atoms with Crippen LogP contribution in [0.1, 0.15) is 17.7 Å². The van der Waals surface area contributed by atoms with Gasteiger partial charge in [0, 0.05) is 43.9 Å². The lowest BCUT2D eigenvalue weighted by Gasteiger charge is -2.38. The number of aryl methyl sites for hydroxylation is 1. The molecule has 2 rings (SSSR count). The van der Waals surface area contributed by atoms with Crippen molar-refractivity contribution in [1.29, 1.82) is 0 Å². The first-order valence-electron chi connectivity index (χ1n) is 6.19. The van der Waals surface area contributed by atoms with Gasteiger partial charge >= 0.3 is 12.0 Å². The molecule has 19 heavy (non-hydrogen) atoms. The Labute approximate surface area is 111 Å². The van der Waals surface area contributed by atoms with Gasteiger partial charge in [-0.15, -0.1) is 0 Å². The number of aliphatic carboxylic acids is 1. The number of carbonyl (C=O) groups excluding carboxylic acids is 1. The number of hydrogen-bond donors (Lipinski definition) is 2. The van der Waals surface area contributed by atoms with Gasteiger partial charge in [-0.05, 0) is 6.92 Å². The summed E-state index contributed by atoms with van der Waals surface area (Å²) < 4.78 is 1.76. The normalized spacial score (nSPS) is 15.2. The molecule has 2 heterocycles. The fraction of sp³-hybridized carbons (Fsp3) is 0.583. The third-order valence-electron chi connectivity index (χ3n) is 3.47. The predicted molar refractivity (Wildman–Crippen MR) is 67.5 cm³/mol. The maximum Gasteiger partial charge on any atom is 0.317 e. The summed E-state index contributed by atoms with van der Waals surface area (Å²) in [7, 11) is 1.85. The second-order valence-corrected chi connectivity index (χ2v) is 4.91. The second-order valence-electron chi connectivity index (χ2n) is 4.91. The standard InChI is InChI=1S/C12H18N4O3/c1-8-10(5-14-15(8)2)4-13-12(19)16-6-9(7-16)3-11(17)18/h5,9H,3-4,6-7H2,1-2H3,(H,13,19)(H,17,18). The number of carboxylic acid groups (broad SMARTS) is 1. The number of amides is 2. The molecule has 0 spiro atoms. The van der Waals surface area contributed by atoms with Crippen molar-refractivity contribution in [1.82, 2.24) is 20.0 Å². The van der Waals surface area contributed by atoms with Gasteiger partial charge in [0.2, 0.25) is 0 Å². The number of nitrogens with one attached hydrogen (secondary N) is 1. The van der Waals surface area contributed by atoms with Gasteiger partial charge in [-0.25, -0.2) is 4.79 Å². The molecule has 1 aromatic heterocycles. The number of nitrogens with zero attached hydrogens (tertiary/aromatic N) is 3. The molecule has 0 bridgehead atoms. The number of hydrogen-bond acceptors (Lipinski definition) is 3. The van der Waals surface area contributed by atoms with E-state index in [2.05, 4.69) is 10.4 Å². The monoisotopic (exact) mass is 266 g/mol. The molecule has 1 saturated heterocycles. The molecule has 0 radical (unpaired) electrons. The summed E-state index contributed by atoms with van der Waals surface area (Å²) in [5, 5.41) is 15.5. The van der Waals surface area contributed by atoms with Crippen molar-refractivity contribution in [3.05, 3.63) is 17.5 Å². The Kier molecular flexibility index (Phi) is 3.73. The van der Waals surface area contributed by atoms with Crippen LogP contribution in [0.2, 0.25) is 0 Å². The maximum absolute atomic E-state index is 11.8. The number of rotatable bonds is 4. The number of carbonyl (C=O) groups is 2. The van der Waals surface area contributed by atoms with Crippen LogP contribution >= 0.6 is 0 Å². The fourth-order valence-corrected chi connectivity index (χ4v) is 2.11. The lowest BCUT2D eigenvalue weighted by Crippen LogP contribution is -2.54. The fourth-order valence-electron chi connectivity index (χ4n) is 2.11. The summed E-state index contributed by atoms with van der Waals surface area (Å²) in [5.74, 6) is -0.723. The molecule has 0 unspecified atom stereocenters. The highest BCUT2D eigenvalue weighted by molar-refractivity contribution is 5.75. The molecule has 0 saturated carbocycles. The van der Waals surface area contributed by atoms with Crippen molar-refractivity contribution in [2.24, 2.45) is 13.0 Å². The van der Waals surface area contributed by atoms with E-state index in [4.69, 9.17) is 5.11 Å². The molecule has 7 heteroatoms. The first kappa shape index (κ1) is 13.4. The molecule has 0 aliphatic carbocycles. The van der Waals surface area contributed by atoms with Gasteiger partial charge in [-0.1, -0.05) is 0 Å². The molecular weight excluding hydrogens is 248 g/mol. The van der Waals surface area contributed by atoms with Gasteiger partial charge < -0.3 is 15.3 Å². The average molecular weight is 266 g/mol. The highest BCUT2D eigenvalue weighted by Crippen LogP contribution is 2.18. The van der Waals surface area contributed by atoms with Crippen molar-refractivity contribution >= 4 is 12.0 Å². The number of urea groups is 1. The number of aromatic nitrogens is 2. The Morgan fingerprint density at radius 3 is 2.74 bits per heavy atom. The van der Waals surface area contributed by atoms with Gasteiger partial charge in [0.15, 0.2) is 0 Å². The van der Waals surface area contributed by atoms with Gasteiger partial charge in [0.05, 0.1) is 12.6 Å². The van der Waals surface area contributed by atoms with E-state index in [1.54, 1.807) is 15.8 Å². The van der Waals surface area contributed by atoms with E-state index in [-0.39, 0.29) is 18.4 Å². The lowest BCUT2D eigenvalue weighted by atomic mass is 9.97. The third-order valence-corrected chi connectivity index (χ3v) is 3.47. The van der Waals surface area contributed by atoms with Crippen LogP contribution in [0.3, 0.4) is 0 Å². The smallest absolute Gasteiger partial charge is 0.317 e. The first-order chi connectivity index (χ1) is 8.97. The van der Waals surface area contributed by atoms with Gasteiger partial charge in [-0.2, -0.15) is 5.10 Å². The van der Waals surface area contributed by atoms with Gasteiger partial charge in [-0.3, -0.25) is 9.48 Å². The van der Waals surface area contributed by atoms with E-state index in [1.165, 1.54) is 0 Å². The molecule has 7 nitrogen and oxygen atoms in total. The van der Waals surface area contributed by atoms with Crippen LogP contribution in [0.5, 0.6) is 0 Å². The van der Waals surface area contributed by atoms with E-state index in [0.29, 0.717) is 19.6 Å². The summed E-state index contributed by atoms with van der Waals surface area (Å²) in [6, 6.07) is -0.148. The highest BCUT2D eigenvalue weighted by Gasteiger charge is 2.31. The summed E-state index contributed by atoms with van der Waals surface area (Å²) >= 11 is 0. The molecule has 1 aliphatic rings. The summed E-state index contributed by atoms with van der Waals surface area (Å²) in [4.78, 5) is 23.9. The Bertz CT molecular complexity index is 491. The molecule has 1 fully saturated rings. The zero-order valence-electron chi connectivity index (χ0n) is 11.1. The first-order valence-corrected chi connectivity index (χ1v) is 6.19. The minimum absolute atomic E-state index is 0.0865. The summed E-state index contributed by atoms with van der Waals surface area (Å²) in [6.07, 6.45) is 1.87. The third kappa shape index (κ3) is 3.04. The van der Waals surface area contributed by atoms with Crippen LogP contribution in [-0.2, 0) is 18.4 Å². The number of likely N-dealkylation sites (tertiary alicyclic amines) is 1. The summed E-state index contributed by atoms with van der Waals surface area (Å²) in [5.41, 5.74) is 2.01. The van der Waals surface area contributed by atoms with Crippen LogP contribution in [0.4, 0.5) is 4.79 Å². The van der Waals surface area contributed by atoms with Gasteiger partial charge in [0.1, 0.15) is 0 Å². The zero-order valence-corrected chi connectivity index (χ0v) is 11.1. The Balaban J connectivity index is 1.74. The minimum atomic E-state index is -0.809. The van der Waals surface area contributed by atoms with Crippen LogP contribution < -0.4 is 5.32 Å². The average Bonchev–Trinajstić information content (AvgIpc) is 2.61. The van der Waals surface area contributed by atoms with E-state index in [9.17, 15) is 9.59 Å². The van der Waals surface area contributed by atoms with Crippen molar-refractivity contribution in [2.75, 3.05) is 13.1 Å². The van der Waals surface area contributed by atoms with Crippen molar-refractivity contribution in [3.63, 3.8) is 0 Å². The minimum Gasteiger partial charge on any atom is -0.481 e. The van der Waals surface area contributed by atoms with E-state index in [0.717, 1.165) is 11.3 Å². The molecule has 0 atom stereocenters. The maximum atomic E-state index is 11.8. The molecular formula is C12H18N4O3.